The Bertz CT molecular complexity index is 5210. The van der Waals surface area contributed by atoms with Gasteiger partial charge in [0.15, 0.2) is 0 Å². The highest BCUT2D eigenvalue weighted by Crippen LogP contribution is 2.69. The van der Waals surface area contributed by atoms with Crippen LogP contribution in [-0.4, -0.2) is 6.61 Å². The average Bonchev–Trinajstić information content (AvgIpc) is 1.53. The second kappa shape index (κ2) is 19.6. The van der Waals surface area contributed by atoms with Crippen LogP contribution in [0, 0.1) is 17.9 Å². The summed E-state index contributed by atoms with van der Waals surface area (Å²) in [5, 5.41) is 12.5. The molecule has 0 saturated carbocycles. The molecule has 0 atom stereocenters. The molecule has 0 saturated heterocycles. The standard InChI is InChI=1S/C86H56N4O/c1-84(2)53-91-83-79(84)81(89(58-48-44-56(45-49-58)54-24-6-4-7-25-54)75-42-22-40-73-77(75)64-32-14-20-38-71(64)85(73)67-34-16-10-28-60(67)61-29-11-17-35-68(61)85)66(52-87)80(88-3)82(83)90(59-50-46-57(47-51-59)55-26-8-5-9-27-55)76-43-23-41-74-78(76)65-33-15-21-39-72(65)86(74)69-36-18-12-30-62(69)63-31-13-19-37-70(63)86/h4-51H,53H2,1-2H3. The minimum atomic E-state index is -0.691. The molecule has 0 amide bonds. The Hall–Kier alpha value is -11.8. The molecule has 0 unspecified atom stereocenters. The maximum atomic E-state index is 12.5. The van der Waals surface area contributed by atoms with Gasteiger partial charge in [0, 0.05) is 33.5 Å². The van der Waals surface area contributed by atoms with E-state index in [4.69, 9.17) is 4.74 Å². The summed E-state index contributed by atoms with van der Waals surface area (Å²) in [5.74, 6) is 0.571. The van der Waals surface area contributed by atoms with Gasteiger partial charge in [-0.3, -0.25) is 0 Å². The van der Waals surface area contributed by atoms with E-state index in [-0.39, 0.29) is 11.3 Å². The maximum absolute atomic E-state index is 12.5. The second-order valence-corrected chi connectivity index (χ2v) is 25.2. The van der Waals surface area contributed by atoms with Crippen LogP contribution in [0.2, 0.25) is 0 Å². The summed E-state index contributed by atoms with van der Waals surface area (Å²) >= 11 is 0. The van der Waals surface area contributed by atoms with Crippen LogP contribution in [0.3, 0.4) is 0 Å². The third-order valence-corrected chi connectivity index (χ3v) is 20.2. The van der Waals surface area contributed by atoms with E-state index in [0.717, 1.165) is 83.9 Å². The van der Waals surface area contributed by atoms with Crippen molar-refractivity contribution in [3.63, 3.8) is 0 Å². The highest BCUT2D eigenvalue weighted by atomic mass is 16.5. The summed E-state index contributed by atoms with van der Waals surface area (Å²) in [6, 6.07) is 108. The highest BCUT2D eigenvalue weighted by molar-refractivity contribution is 6.08. The van der Waals surface area contributed by atoms with Crippen molar-refractivity contribution in [1.29, 1.82) is 5.26 Å². The van der Waals surface area contributed by atoms with Crippen molar-refractivity contribution in [2.75, 3.05) is 16.4 Å². The number of anilines is 6. The first kappa shape index (κ1) is 52.4. The highest BCUT2D eigenvalue weighted by Gasteiger charge is 2.55. The van der Waals surface area contributed by atoms with Gasteiger partial charge in [-0.2, -0.15) is 5.26 Å². The third-order valence-electron chi connectivity index (χ3n) is 20.2. The molecule has 0 aromatic heterocycles. The summed E-state index contributed by atoms with van der Waals surface area (Å²) in [4.78, 5) is 9.21. The molecule has 5 nitrogen and oxygen atoms in total. The van der Waals surface area contributed by atoms with Gasteiger partial charge in [0.25, 0.3) is 0 Å². The number of nitrogens with zero attached hydrogens (tertiary/aromatic N) is 4. The van der Waals surface area contributed by atoms with Crippen molar-refractivity contribution >= 4 is 39.8 Å². The first-order valence-corrected chi connectivity index (χ1v) is 31.3. The van der Waals surface area contributed by atoms with E-state index in [0.29, 0.717) is 23.7 Å². The molecule has 13 aromatic rings. The van der Waals surface area contributed by atoms with Crippen LogP contribution in [-0.2, 0) is 16.2 Å². The van der Waals surface area contributed by atoms with E-state index >= 15 is 0 Å². The molecule has 4 aliphatic carbocycles. The van der Waals surface area contributed by atoms with Crippen molar-refractivity contribution in [3.05, 3.63) is 358 Å². The van der Waals surface area contributed by atoms with E-state index in [9.17, 15) is 11.8 Å². The summed E-state index contributed by atoms with van der Waals surface area (Å²) in [6.45, 7) is 14.5. The largest absolute Gasteiger partial charge is 0.491 e. The molecule has 0 fully saturated rings. The van der Waals surface area contributed by atoms with E-state index < -0.39 is 16.2 Å². The lowest BCUT2D eigenvalue weighted by Crippen LogP contribution is -2.26. The van der Waals surface area contributed by atoms with Gasteiger partial charge < -0.3 is 14.5 Å². The van der Waals surface area contributed by atoms with Gasteiger partial charge in [-0.05, 0) is 137 Å². The fourth-order valence-corrected chi connectivity index (χ4v) is 16.7. The molecule has 426 valence electrons. The molecule has 0 N–H and O–H groups in total. The van der Waals surface area contributed by atoms with Gasteiger partial charge in [0.2, 0.25) is 5.69 Å². The fraction of sp³-hybridized carbons (Fsp3) is 0.0698. The van der Waals surface area contributed by atoms with Crippen LogP contribution in [0.1, 0.15) is 69.5 Å². The van der Waals surface area contributed by atoms with Crippen LogP contribution in [0.4, 0.5) is 39.8 Å². The molecule has 5 aliphatic rings. The zero-order chi connectivity index (χ0) is 60.7. The Morgan fingerprint density at radius 2 is 0.703 bits per heavy atom. The third kappa shape index (κ3) is 7.04. The van der Waals surface area contributed by atoms with Crippen molar-refractivity contribution in [3.8, 4) is 78.6 Å². The summed E-state index contributed by atoms with van der Waals surface area (Å²) in [5.41, 5.74) is 27.2. The molecule has 2 spiro atoms. The second-order valence-electron chi connectivity index (χ2n) is 25.2. The molecular weight excluding hydrogens is 1100 g/mol. The lowest BCUT2D eigenvalue weighted by atomic mass is 9.70. The van der Waals surface area contributed by atoms with Crippen molar-refractivity contribution < 1.29 is 4.74 Å². The Morgan fingerprint density at radius 1 is 0.374 bits per heavy atom. The minimum absolute atomic E-state index is 0.199. The van der Waals surface area contributed by atoms with Gasteiger partial charge >= 0.3 is 0 Å². The first-order valence-electron chi connectivity index (χ1n) is 31.3. The minimum Gasteiger partial charge on any atom is -0.491 e. The lowest BCUT2D eigenvalue weighted by Gasteiger charge is -2.36. The van der Waals surface area contributed by atoms with Gasteiger partial charge in [0.05, 0.1) is 58.4 Å². The number of rotatable bonds is 8. The number of hydrogen-bond donors (Lipinski definition) is 0. The number of ether oxygens (including phenoxy) is 1. The van der Waals surface area contributed by atoms with Crippen LogP contribution >= 0.6 is 0 Å². The molecule has 18 rings (SSSR count). The van der Waals surface area contributed by atoms with Crippen LogP contribution in [0.25, 0.3) is 71.6 Å². The van der Waals surface area contributed by atoms with Gasteiger partial charge in [-0.25, -0.2) is 4.85 Å². The molecule has 1 aliphatic heterocycles. The van der Waals surface area contributed by atoms with Crippen molar-refractivity contribution in [2.24, 2.45) is 0 Å². The number of nitriles is 1. The van der Waals surface area contributed by atoms with E-state index in [1.54, 1.807) is 0 Å². The zero-order valence-electron chi connectivity index (χ0n) is 50.1. The Labute approximate surface area is 530 Å². The molecule has 13 aromatic carbocycles. The summed E-state index contributed by atoms with van der Waals surface area (Å²) in [7, 11) is 0. The molecule has 5 heteroatoms. The van der Waals surface area contributed by atoms with Gasteiger partial charge in [0.1, 0.15) is 5.75 Å². The van der Waals surface area contributed by atoms with Crippen LogP contribution in [0.5, 0.6) is 5.75 Å². The van der Waals surface area contributed by atoms with E-state index in [1.165, 1.54) is 55.6 Å². The lowest BCUT2D eigenvalue weighted by molar-refractivity contribution is 0.292. The first-order chi connectivity index (χ1) is 44.9. The maximum Gasteiger partial charge on any atom is 0.233 e. The fourth-order valence-electron chi connectivity index (χ4n) is 16.7. The normalized spacial score (nSPS) is 14.3. The van der Waals surface area contributed by atoms with Gasteiger partial charge in [-0.1, -0.05) is 269 Å². The number of benzene rings is 13. The molecule has 0 radical (unpaired) electrons. The van der Waals surface area contributed by atoms with Crippen molar-refractivity contribution in [1.82, 2.24) is 0 Å². The molecular formula is C86H56N4O. The number of fused-ring (bicyclic) bond motifs is 21. The van der Waals surface area contributed by atoms with Crippen LogP contribution in [0.15, 0.2) is 291 Å². The summed E-state index contributed by atoms with van der Waals surface area (Å²) < 4.78 is 7.40. The monoisotopic (exact) mass is 1160 g/mol. The molecule has 0 bridgehead atoms. The smallest absolute Gasteiger partial charge is 0.233 e. The Balaban J connectivity index is 0.940. The number of hydrogen-bond acceptors (Lipinski definition) is 4. The topological polar surface area (TPSA) is 43.9 Å². The Kier molecular flexibility index (Phi) is 11.3. The SMILES string of the molecule is [C-]#[N+]c1c(C#N)c(N(c2ccc(-c3ccccc3)cc2)c2cccc3c2-c2ccccc2C32c3ccccc3-c3ccccc32)c2c(c1N(c1ccc(-c3ccccc3)cc1)c1cccc3c1-c1ccccc1C31c3ccccc3-c3ccccc31)OCC2(C)C. The van der Waals surface area contributed by atoms with E-state index in [2.05, 4.69) is 314 Å². The average molecular weight is 1160 g/mol. The zero-order valence-corrected chi connectivity index (χ0v) is 50.1. The molecule has 91 heavy (non-hydrogen) atoms. The van der Waals surface area contributed by atoms with Gasteiger partial charge in [-0.15, -0.1) is 0 Å². The predicted molar refractivity (Wildman–Crippen MR) is 369 cm³/mol. The predicted octanol–water partition coefficient (Wildman–Crippen LogP) is 21.7. The quantitative estimate of drug-likeness (QED) is 0.142. The molecule has 1 heterocycles. The summed E-state index contributed by atoms with van der Waals surface area (Å²) in [6.07, 6.45) is 0. The van der Waals surface area contributed by atoms with E-state index in [1.807, 2.05) is 12.1 Å². The van der Waals surface area contributed by atoms with Crippen LogP contribution < -0.4 is 14.5 Å². The van der Waals surface area contributed by atoms with Crippen molar-refractivity contribution in [2.45, 2.75) is 30.1 Å². The Morgan fingerprint density at radius 3 is 1.09 bits per heavy atom.